The van der Waals surface area contributed by atoms with Crippen LogP contribution in [0.15, 0.2) is 24.3 Å². The summed E-state index contributed by atoms with van der Waals surface area (Å²) in [5, 5.41) is 2.81. The summed E-state index contributed by atoms with van der Waals surface area (Å²) in [6.07, 6.45) is -2.59. The van der Waals surface area contributed by atoms with Crippen LogP contribution in [-0.2, 0) is 9.53 Å². The number of nitrogens with one attached hydrogen (secondary N) is 1. The van der Waals surface area contributed by atoms with Crippen molar-refractivity contribution in [1.82, 2.24) is 5.32 Å². The number of halogens is 3. The van der Waals surface area contributed by atoms with Gasteiger partial charge in [-0.05, 0) is 37.5 Å². The molecule has 1 N–H and O–H groups in total. The molecule has 1 fully saturated rings. The molecule has 1 amide bonds. The van der Waals surface area contributed by atoms with Gasteiger partial charge < -0.3 is 14.8 Å². The highest BCUT2D eigenvalue weighted by molar-refractivity contribution is 5.77. The zero-order valence-corrected chi connectivity index (χ0v) is 12.2. The third-order valence-electron chi connectivity index (χ3n) is 3.43. The van der Waals surface area contributed by atoms with Gasteiger partial charge in [0.05, 0.1) is 18.6 Å². The first-order valence-electron chi connectivity index (χ1n) is 7.10. The summed E-state index contributed by atoms with van der Waals surface area (Å²) in [6, 6.07) is 5.15. The Morgan fingerprint density at radius 3 is 2.64 bits per heavy atom. The van der Waals surface area contributed by atoms with Crippen LogP contribution in [0, 0.1) is 0 Å². The highest BCUT2D eigenvalue weighted by atomic mass is 19.4. The van der Waals surface area contributed by atoms with Gasteiger partial charge >= 0.3 is 6.36 Å². The Kier molecular flexibility index (Phi) is 5.28. The summed E-state index contributed by atoms with van der Waals surface area (Å²) < 4.78 is 45.4. The highest BCUT2D eigenvalue weighted by Crippen LogP contribution is 2.24. The van der Waals surface area contributed by atoms with Crippen LogP contribution in [0.1, 0.15) is 37.8 Å². The molecular weight excluding hydrogens is 299 g/mol. The number of alkyl halides is 3. The molecule has 2 atom stereocenters. The molecular formula is C15H18F3NO3. The lowest BCUT2D eigenvalue weighted by Gasteiger charge is -2.17. The number of hydrogen-bond donors (Lipinski definition) is 1. The average Bonchev–Trinajstić information content (AvgIpc) is 2.90. The molecule has 7 heteroatoms. The number of benzene rings is 1. The molecule has 0 saturated carbocycles. The smallest absolute Gasteiger partial charge is 0.406 e. The second-order valence-electron chi connectivity index (χ2n) is 5.25. The lowest BCUT2D eigenvalue weighted by molar-refractivity contribution is -0.274. The number of amides is 1. The second-order valence-corrected chi connectivity index (χ2v) is 5.25. The van der Waals surface area contributed by atoms with E-state index >= 15 is 0 Å². The summed E-state index contributed by atoms with van der Waals surface area (Å²) in [5.41, 5.74) is 0.704. The standard InChI is InChI=1S/C15H18F3NO3/c1-10(19-14(20)9-13-3-2-8-21-13)11-4-6-12(7-5-11)22-15(16,17)18/h4-7,10,13H,2-3,8-9H2,1H3,(H,19,20)/t10-,13-/m1/s1. The summed E-state index contributed by atoms with van der Waals surface area (Å²) in [6.45, 7) is 2.46. The second kappa shape index (κ2) is 7.00. The van der Waals surface area contributed by atoms with Gasteiger partial charge in [0.25, 0.3) is 0 Å². The molecule has 1 heterocycles. The molecule has 0 bridgehead atoms. The average molecular weight is 317 g/mol. The fourth-order valence-corrected chi connectivity index (χ4v) is 2.35. The van der Waals surface area contributed by atoms with E-state index in [1.165, 1.54) is 24.3 Å². The molecule has 0 aliphatic carbocycles. The van der Waals surface area contributed by atoms with E-state index in [2.05, 4.69) is 10.1 Å². The molecule has 4 nitrogen and oxygen atoms in total. The maximum atomic E-state index is 12.1. The normalized spacial score (nSPS) is 19.7. The van der Waals surface area contributed by atoms with Crippen molar-refractivity contribution >= 4 is 5.91 Å². The van der Waals surface area contributed by atoms with Gasteiger partial charge in [-0.1, -0.05) is 12.1 Å². The van der Waals surface area contributed by atoms with Crippen molar-refractivity contribution in [3.05, 3.63) is 29.8 Å². The maximum Gasteiger partial charge on any atom is 0.573 e. The van der Waals surface area contributed by atoms with E-state index in [4.69, 9.17) is 4.74 Å². The zero-order chi connectivity index (χ0) is 16.2. The van der Waals surface area contributed by atoms with E-state index in [0.29, 0.717) is 18.6 Å². The van der Waals surface area contributed by atoms with Crippen LogP contribution in [-0.4, -0.2) is 25.0 Å². The van der Waals surface area contributed by atoms with Gasteiger partial charge in [0, 0.05) is 6.61 Å². The minimum atomic E-state index is -4.71. The summed E-state index contributed by atoms with van der Waals surface area (Å²) >= 11 is 0. The lowest BCUT2D eigenvalue weighted by Crippen LogP contribution is -2.29. The van der Waals surface area contributed by atoms with Gasteiger partial charge in [-0.2, -0.15) is 0 Å². The van der Waals surface area contributed by atoms with Crippen molar-refractivity contribution in [3.63, 3.8) is 0 Å². The zero-order valence-electron chi connectivity index (χ0n) is 12.2. The molecule has 1 aromatic carbocycles. The van der Waals surface area contributed by atoms with Gasteiger partial charge in [-0.15, -0.1) is 13.2 Å². The Bertz CT molecular complexity index is 496. The van der Waals surface area contributed by atoms with Crippen molar-refractivity contribution in [3.8, 4) is 5.75 Å². The largest absolute Gasteiger partial charge is 0.573 e. The Morgan fingerprint density at radius 2 is 2.09 bits per heavy atom. The topological polar surface area (TPSA) is 47.6 Å². The Hall–Kier alpha value is -1.76. The van der Waals surface area contributed by atoms with Gasteiger partial charge in [-0.3, -0.25) is 4.79 Å². The van der Waals surface area contributed by atoms with Crippen molar-refractivity contribution in [1.29, 1.82) is 0 Å². The number of rotatable bonds is 5. The molecule has 1 aliphatic rings. The molecule has 122 valence electrons. The van der Waals surface area contributed by atoms with E-state index in [0.717, 1.165) is 12.8 Å². The fourth-order valence-electron chi connectivity index (χ4n) is 2.35. The van der Waals surface area contributed by atoms with E-state index in [1.807, 2.05) is 0 Å². The molecule has 0 radical (unpaired) electrons. The van der Waals surface area contributed by atoms with Crippen LogP contribution >= 0.6 is 0 Å². The number of hydrogen-bond acceptors (Lipinski definition) is 3. The van der Waals surface area contributed by atoms with Crippen molar-refractivity contribution < 1.29 is 27.4 Å². The van der Waals surface area contributed by atoms with Crippen LogP contribution in [0.2, 0.25) is 0 Å². The monoisotopic (exact) mass is 317 g/mol. The molecule has 0 spiro atoms. The first kappa shape index (κ1) is 16.6. The molecule has 1 aromatic rings. The summed E-state index contributed by atoms with van der Waals surface area (Å²) in [7, 11) is 0. The van der Waals surface area contributed by atoms with Crippen LogP contribution in [0.25, 0.3) is 0 Å². The predicted octanol–water partition coefficient (Wildman–Crippen LogP) is 3.33. The Labute approximate surface area is 126 Å². The van der Waals surface area contributed by atoms with Crippen molar-refractivity contribution in [2.24, 2.45) is 0 Å². The summed E-state index contributed by atoms with van der Waals surface area (Å²) in [4.78, 5) is 11.9. The number of carbonyl (C=O) groups is 1. The number of carbonyl (C=O) groups excluding carboxylic acids is 1. The van der Waals surface area contributed by atoms with Crippen LogP contribution in [0.3, 0.4) is 0 Å². The first-order chi connectivity index (χ1) is 10.3. The lowest BCUT2D eigenvalue weighted by atomic mass is 10.1. The Morgan fingerprint density at radius 1 is 1.41 bits per heavy atom. The molecule has 22 heavy (non-hydrogen) atoms. The third-order valence-corrected chi connectivity index (χ3v) is 3.43. The van der Waals surface area contributed by atoms with Crippen LogP contribution in [0.4, 0.5) is 13.2 Å². The summed E-state index contributed by atoms with van der Waals surface area (Å²) in [5.74, 6) is -0.413. The highest BCUT2D eigenvalue weighted by Gasteiger charge is 2.31. The van der Waals surface area contributed by atoms with Gasteiger partial charge in [0.15, 0.2) is 0 Å². The molecule has 0 unspecified atom stereocenters. The maximum absolute atomic E-state index is 12.1. The van der Waals surface area contributed by atoms with Crippen LogP contribution in [0.5, 0.6) is 5.75 Å². The molecule has 0 aromatic heterocycles. The van der Waals surface area contributed by atoms with E-state index in [-0.39, 0.29) is 23.8 Å². The molecule has 1 saturated heterocycles. The minimum Gasteiger partial charge on any atom is -0.406 e. The van der Waals surface area contributed by atoms with E-state index < -0.39 is 6.36 Å². The van der Waals surface area contributed by atoms with E-state index in [1.54, 1.807) is 6.92 Å². The molecule has 2 rings (SSSR count). The quantitative estimate of drug-likeness (QED) is 0.906. The SMILES string of the molecule is C[C@@H](NC(=O)C[C@H]1CCCO1)c1ccc(OC(F)(F)F)cc1. The minimum absolute atomic E-state index is 0.0326. The number of ether oxygens (including phenoxy) is 2. The van der Waals surface area contributed by atoms with Crippen LogP contribution < -0.4 is 10.1 Å². The third kappa shape index (κ3) is 5.22. The van der Waals surface area contributed by atoms with Crippen molar-refractivity contribution in [2.75, 3.05) is 6.61 Å². The van der Waals surface area contributed by atoms with E-state index in [9.17, 15) is 18.0 Å². The van der Waals surface area contributed by atoms with Crippen molar-refractivity contribution in [2.45, 2.75) is 44.7 Å². The van der Waals surface area contributed by atoms with Gasteiger partial charge in [-0.25, -0.2) is 0 Å². The predicted molar refractivity (Wildman–Crippen MR) is 73.3 cm³/mol. The Balaban J connectivity index is 1.86. The first-order valence-corrected chi connectivity index (χ1v) is 7.10. The fraction of sp³-hybridized carbons (Fsp3) is 0.533. The van der Waals surface area contributed by atoms with Gasteiger partial charge in [0.1, 0.15) is 5.75 Å². The van der Waals surface area contributed by atoms with Gasteiger partial charge in [0.2, 0.25) is 5.91 Å². The molecule has 1 aliphatic heterocycles.